The van der Waals surface area contributed by atoms with E-state index >= 15 is 0 Å². The maximum absolute atomic E-state index is 13.6. The summed E-state index contributed by atoms with van der Waals surface area (Å²) in [5.41, 5.74) is 0.473. The number of nitrogens with zero attached hydrogens (tertiary/aromatic N) is 3. The zero-order valence-corrected chi connectivity index (χ0v) is 20.6. The standard InChI is InChI=1S/C23H30N4O7S/c1-3-27-22(15(2)20(25-27)23(29)30)34-18-9-8-17(24-21(28)16-6-4-5-7-16)14-19(18)35(31,32)26-10-12-33-13-11-26/h8-9,14,16H,3-7,10-13H2,1-2H3,(H,24,28)(H,29,30). The Morgan fingerprint density at radius 1 is 1.23 bits per heavy atom. The maximum Gasteiger partial charge on any atom is 0.356 e. The number of aromatic carboxylic acids is 1. The van der Waals surface area contributed by atoms with E-state index in [0.717, 1.165) is 25.7 Å². The number of hydrogen-bond acceptors (Lipinski definition) is 7. The Morgan fingerprint density at radius 3 is 2.54 bits per heavy atom. The lowest BCUT2D eigenvalue weighted by molar-refractivity contribution is -0.119. The van der Waals surface area contributed by atoms with Crippen LogP contribution in [-0.4, -0.2) is 65.8 Å². The van der Waals surface area contributed by atoms with Crippen molar-refractivity contribution in [3.8, 4) is 11.6 Å². The summed E-state index contributed by atoms with van der Waals surface area (Å²) in [6.07, 6.45) is 3.64. The number of aromatic nitrogens is 2. The molecule has 2 heterocycles. The number of amides is 1. The van der Waals surface area contributed by atoms with Crippen LogP contribution in [0.3, 0.4) is 0 Å². The van der Waals surface area contributed by atoms with E-state index in [4.69, 9.17) is 9.47 Å². The number of carboxylic acids is 1. The van der Waals surface area contributed by atoms with Crippen LogP contribution in [0, 0.1) is 12.8 Å². The number of nitrogens with one attached hydrogen (secondary N) is 1. The van der Waals surface area contributed by atoms with Crippen LogP contribution in [0.15, 0.2) is 23.1 Å². The van der Waals surface area contributed by atoms with Gasteiger partial charge in [-0.2, -0.15) is 9.40 Å². The van der Waals surface area contributed by atoms with E-state index in [2.05, 4.69) is 10.4 Å². The molecule has 1 aliphatic heterocycles. The smallest absolute Gasteiger partial charge is 0.356 e. The number of benzene rings is 1. The van der Waals surface area contributed by atoms with Crippen LogP contribution in [0.2, 0.25) is 0 Å². The van der Waals surface area contributed by atoms with Gasteiger partial charge in [-0.1, -0.05) is 12.8 Å². The third kappa shape index (κ3) is 5.19. The second-order valence-corrected chi connectivity index (χ2v) is 10.6. The molecular formula is C23H30N4O7S. The molecule has 2 aromatic rings. The quantitative estimate of drug-likeness (QED) is 0.557. The summed E-state index contributed by atoms with van der Waals surface area (Å²) in [7, 11) is -4.00. The molecule has 11 nitrogen and oxygen atoms in total. The lowest BCUT2D eigenvalue weighted by Crippen LogP contribution is -2.40. The first-order chi connectivity index (χ1) is 16.7. The van der Waals surface area contributed by atoms with Gasteiger partial charge in [-0.25, -0.2) is 17.9 Å². The van der Waals surface area contributed by atoms with Gasteiger partial charge in [0.1, 0.15) is 10.6 Å². The summed E-state index contributed by atoms with van der Waals surface area (Å²) >= 11 is 0. The van der Waals surface area contributed by atoms with Gasteiger partial charge in [0, 0.05) is 36.8 Å². The topological polar surface area (TPSA) is 140 Å². The Kier molecular flexibility index (Phi) is 7.43. The number of hydrogen-bond donors (Lipinski definition) is 2. The third-order valence-corrected chi connectivity index (χ3v) is 8.28. The van der Waals surface area contributed by atoms with E-state index in [-0.39, 0.29) is 65.9 Å². The van der Waals surface area contributed by atoms with Crippen molar-refractivity contribution >= 4 is 27.6 Å². The molecule has 1 aromatic heterocycles. The lowest BCUT2D eigenvalue weighted by atomic mass is 10.1. The zero-order valence-electron chi connectivity index (χ0n) is 19.8. The van der Waals surface area contributed by atoms with E-state index in [1.807, 2.05) is 0 Å². The van der Waals surface area contributed by atoms with Gasteiger partial charge in [-0.15, -0.1) is 0 Å². The van der Waals surface area contributed by atoms with Crippen molar-refractivity contribution in [2.45, 2.75) is 51.0 Å². The Labute approximate surface area is 204 Å². The predicted molar refractivity (Wildman–Crippen MR) is 126 cm³/mol. The number of carbonyl (C=O) groups is 2. The van der Waals surface area contributed by atoms with Crippen molar-refractivity contribution in [1.82, 2.24) is 14.1 Å². The molecule has 2 N–H and O–H groups in total. The Bertz CT molecular complexity index is 1210. The molecule has 12 heteroatoms. The van der Waals surface area contributed by atoms with Gasteiger partial charge >= 0.3 is 5.97 Å². The van der Waals surface area contributed by atoms with Crippen LogP contribution in [0.25, 0.3) is 0 Å². The molecule has 0 radical (unpaired) electrons. The zero-order chi connectivity index (χ0) is 25.2. The Morgan fingerprint density at radius 2 is 1.91 bits per heavy atom. The average molecular weight is 507 g/mol. The number of ether oxygens (including phenoxy) is 2. The highest BCUT2D eigenvalue weighted by Crippen LogP contribution is 2.36. The minimum Gasteiger partial charge on any atom is -0.476 e. The number of morpholine rings is 1. The SMILES string of the molecule is CCn1nc(C(=O)O)c(C)c1Oc1ccc(NC(=O)C2CCCC2)cc1S(=O)(=O)N1CCOCC1. The molecule has 0 atom stereocenters. The van der Waals surface area contributed by atoms with E-state index in [9.17, 15) is 23.1 Å². The second kappa shape index (κ2) is 10.3. The number of aryl methyl sites for hydroxylation is 1. The third-order valence-electron chi connectivity index (χ3n) is 6.36. The van der Waals surface area contributed by atoms with Gasteiger partial charge in [0.15, 0.2) is 5.69 Å². The Hall–Kier alpha value is -2.96. The first kappa shape index (κ1) is 25.1. The maximum atomic E-state index is 13.6. The summed E-state index contributed by atoms with van der Waals surface area (Å²) < 4.78 is 41.2. The van der Waals surface area contributed by atoms with Crippen LogP contribution in [0.4, 0.5) is 5.69 Å². The molecule has 2 aliphatic rings. The van der Waals surface area contributed by atoms with Crippen molar-refractivity contribution in [2.24, 2.45) is 5.92 Å². The predicted octanol–water partition coefficient (Wildman–Crippen LogP) is 2.85. The van der Waals surface area contributed by atoms with Crippen molar-refractivity contribution in [3.05, 3.63) is 29.5 Å². The Balaban J connectivity index is 1.73. The van der Waals surface area contributed by atoms with Gasteiger partial charge in [0.2, 0.25) is 21.8 Å². The van der Waals surface area contributed by atoms with Crippen molar-refractivity contribution in [3.63, 3.8) is 0 Å². The highest BCUT2D eigenvalue weighted by Gasteiger charge is 2.32. The molecule has 1 saturated carbocycles. The van der Waals surface area contributed by atoms with Gasteiger partial charge in [0.25, 0.3) is 0 Å². The van der Waals surface area contributed by atoms with Crippen LogP contribution in [0.1, 0.15) is 48.7 Å². The van der Waals surface area contributed by atoms with Crippen LogP contribution in [-0.2, 0) is 26.1 Å². The molecule has 4 rings (SSSR count). The number of sulfonamides is 1. The van der Waals surface area contributed by atoms with Crippen molar-refractivity contribution in [1.29, 1.82) is 0 Å². The molecule has 0 unspecified atom stereocenters. The van der Waals surface area contributed by atoms with Gasteiger partial charge < -0.3 is 19.9 Å². The van der Waals surface area contributed by atoms with Crippen LogP contribution < -0.4 is 10.1 Å². The number of anilines is 1. The van der Waals surface area contributed by atoms with Gasteiger partial charge in [-0.3, -0.25) is 4.79 Å². The van der Waals surface area contributed by atoms with Gasteiger partial charge in [-0.05, 0) is 44.9 Å². The number of carbonyl (C=O) groups excluding carboxylic acids is 1. The molecular weight excluding hydrogens is 476 g/mol. The first-order valence-electron chi connectivity index (χ1n) is 11.7. The second-order valence-electron chi connectivity index (χ2n) is 8.65. The lowest BCUT2D eigenvalue weighted by Gasteiger charge is -2.27. The molecule has 0 spiro atoms. The molecule has 2 fully saturated rings. The van der Waals surface area contributed by atoms with E-state index < -0.39 is 16.0 Å². The molecule has 1 aliphatic carbocycles. The monoisotopic (exact) mass is 506 g/mol. The molecule has 1 amide bonds. The molecule has 35 heavy (non-hydrogen) atoms. The minimum absolute atomic E-state index is 0.0185. The normalized spacial score (nSPS) is 17.4. The van der Waals surface area contributed by atoms with Crippen LogP contribution >= 0.6 is 0 Å². The summed E-state index contributed by atoms with van der Waals surface area (Å²) in [6, 6.07) is 4.46. The minimum atomic E-state index is -4.00. The molecule has 1 saturated heterocycles. The highest BCUT2D eigenvalue weighted by molar-refractivity contribution is 7.89. The molecule has 1 aromatic carbocycles. The first-order valence-corrected chi connectivity index (χ1v) is 13.2. The average Bonchev–Trinajstić information content (AvgIpc) is 3.49. The fourth-order valence-corrected chi connectivity index (χ4v) is 5.96. The summed E-state index contributed by atoms with van der Waals surface area (Å²) in [5.74, 6) is -1.25. The number of carboxylic acid groups (broad SMARTS) is 1. The van der Waals surface area contributed by atoms with Gasteiger partial charge in [0.05, 0.1) is 13.2 Å². The highest BCUT2D eigenvalue weighted by atomic mass is 32.2. The van der Waals surface area contributed by atoms with E-state index in [0.29, 0.717) is 12.2 Å². The fourth-order valence-electron chi connectivity index (χ4n) is 4.42. The summed E-state index contributed by atoms with van der Waals surface area (Å²) in [4.78, 5) is 24.1. The number of rotatable bonds is 8. The fraction of sp³-hybridized carbons (Fsp3) is 0.522. The van der Waals surface area contributed by atoms with Crippen molar-refractivity contribution < 1.29 is 32.6 Å². The molecule has 0 bridgehead atoms. The van der Waals surface area contributed by atoms with E-state index in [1.54, 1.807) is 19.9 Å². The molecule has 190 valence electrons. The van der Waals surface area contributed by atoms with Crippen LogP contribution in [0.5, 0.6) is 11.6 Å². The van der Waals surface area contributed by atoms with E-state index in [1.165, 1.54) is 21.1 Å². The van der Waals surface area contributed by atoms with Crippen molar-refractivity contribution in [2.75, 3.05) is 31.6 Å². The largest absolute Gasteiger partial charge is 0.476 e. The summed E-state index contributed by atoms with van der Waals surface area (Å²) in [6.45, 7) is 4.59. The summed E-state index contributed by atoms with van der Waals surface area (Å²) in [5, 5.41) is 16.4.